The van der Waals surface area contributed by atoms with E-state index in [0.717, 1.165) is 18.4 Å². The largest absolute Gasteiger partial charge is 0.424 e. The van der Waals surface area contributed by atoms with Gasteiger partial charge in [0.25, 0.3) is 0 Å². The highest BCUT2D eigenvalue weighted by atomic mass is 32.2. The van der Waals surface area contributed by atoms with Gasteiger partial charge < -0.3 is 10.1 Å². The molecule has 1 aromatic heterocycles. The molecule has 0 spiro atoms. The molecule has 166 valence electrons. The maximum absolute atomic E-state index is 13.2. The van der Waals surface area contributed by atoms with Crippen LogP contribution in [0.4, 0.5) is 5.69 Å². The van der Waals surface area contributed by atoms with Gasteiger partial charge in [0.15, 0.2) is 0 Å². The smallest absolute Gasteiger partial charge is 0.321 e. The number of sulfonamides is 1. The lowest BCUT2D eigenvalue weighted by atomic mass is 10.0. The van der Waals surface area contributed by atoms with Crippen LogP contribution >= 0.6 is 0 Å². The maximum atomic E-state index is 13.2. The fourth-order valence-electron chi connectivity index (χ4n) is 3.68. The Labute approximate surface area is 187 Å². The Morgan fingerprint density at radius 2 is 1.81 bits per heavy atom. The maximum Gasteiger partial charge on any atom is 0.321 e. The van der Waals surface area contributed by atoms with Gasteiger partial charge in [-0.15, -0.1) is 0 Å². The molecule has 0 bridgehead atoms. The second-order valence-electron chi connectivity index (χ2n) is 7.54. The standard InChI is InChI=1S/C23H24N4O4S/c1-17-16-18(31-23-24-13-7-14-25-23)11-12-20(17)26-22(28)21-10-5-6-15-27(21)32(29,30)19-8-3-2-4-9-19/h2-4,7-9,11-14,16,21H,5-6,10,15H2,1H3,(H,26,28)/t21-/m1/s1. The van der Waals surface area contributed by atoms with E-state index in [-0.39, 0.29) is 16.8 Å². The van der Waals surface area contributed by atoms with E-state index in [1.807, 2.05) is 6.92 Å². The Hall–Kier alpha value is -3.30. The molecule has 1 aliphatic heterocycles. The predicted octanol–water partition coefficient (Wildman–Crippen LogP) is 3.76. The van der Waals surface area contributed by atoms with Crippen molar-refractivity contribution in [3.05, 3.63) is 72.6 Å². The van der Waals surface area contributed by atoms with Crippen molar-refractivity contribution in [2.45, 2.75) is 37.1 Å². The third kappa shape index (κ3) is 4.79. The average molecular weight is 453 g/mol. The molecule has 1 aliphatic rings. The van der Waals surface area contributed by atoms with Gasteiger partial charge in [-0.3, -0.25) is 4.79 Å². The summed E-state index contributed by atoms with van der Waals surface area (Å²) in [7, 11) is -3.76. The minimum Gasteiger partial charge on any atom is -0.424 e. The lowest BCUT2D eigenvalue weighted by Gasteiger charge is -2.33. The number of nitrogens with one attached hydrogen (secondary N) is 1. The Kier molecular flexibility index (Phi) is 6.48. The number of piperidine rings is 1. The van der Waals surface area contributed by atoms with Crippen LogP contribution < -0.4 is 10.1 Å². The summed E-state index contributed by atoms with van der Waals surface area (Å²) in [4.78, 5) is 21.4. The molecule has 0 aliphatic carbocycles. The van der Waals surface area contributed by atoms with Gasteiger partial charge in [-0.2, -0.15) is 4.31 Å². The van der Waals surface area contributed by atoms with Crippen molar-refractivity contribution in [2.24, 2.45) is 0 Å². The Bertz CT molecular complexity index is 1190. The molecule has 0 saturated carbocycles. The number of aryl methyl sites for hydroxylation is 1. The van der Waals surface area contributed by atoms with Crippen LogP contribution in [0.2, 0.25) is 0 Å². The number of hydrogen-bond donors (Lipinski definition) is 1. The van der Waals surface area contributed by atoms with Gasteiger partial charge in [-0.25, -0.2) is 18.4 Å². The van der Waals surface area contributed by atoms with E-state index in [1.165, 1.54) is 4.31 Å². The van der Waals surface area contributed by atoms with Gasteiger partial charge in [-0.05, 0) is 61.7 Å². The summed E-state index contributed by atoms with van der Waals surface area (Å²) < 4.78 is 33.3. The molecule has 2 aromatic carbocycles. The zero-order chi connectivity index (χ0) is 22.6. The summed E-state index contributed by atoms with van der Waals surface area (Å²) in [5.74, 6) is 0.199. The topological polar surface area (TPSA) is 101 Å². The number of carbonyl (C=O) groups is 1. The van der Waals surface area contributed by atoms with Crippen LogP contribution in [-0.2, 0) is 14.8 Å². The first-order chi connectivity index (χ1) is 15.4. The fourth-order valence-corrected chi connectivity index (χ4v) is 5.36. The van der Waals surface area contributed by atoms with Crippen molar-refractivity contribution in [2.75, 3.05) is 11.9 Å². The molecule has 4 rings (SSSR count). The summed E-state index contributed by atoms with van der Waals surface area (Å²) in [6.07, 6.45) is 5.17. The number of benzene rings is 2. The summed E-state index contributed by atoms with van der Waals surface area (Å²) >= 11 is 0. The Balaban J connectivity index is 1.51. The summed E-state index contributed by atoms with van der Waals surface area (Å²) in [6, 6.07) is 14.6. The number of rotatable bonds is 6. The number of amides is 1. The lowest BCUT2D eigenvalue weighted by Crippen LogP contribution is -2.49. The second-order valence-corrected chi connectivity index (χ2v) is 9.43. The zero-order valence-corrected chi connectivity index (χ0v) is 18.5. The van der Waals surface area contributed by atoms with Gasteiger partial charge in [0.05, 0.1) is 4.90 Å². The molecule has 1 N–H and O–H groups in total. The van der Waals surface area contributed by atoms with E-state index in [0.29, 0.717) is 24.4 Å². The Morgan fingerprint density at radius 1 is 1.06 bits per heavy atom. The van der Waals surface area contributed by atoms with Crippen LogP contribution in [0.15, 0.2) is 71.9 Å². The van der Waals surface area contributed by atoms with Crippen LogP contribution in [0.1, 0.15) is 24.8 Å². The average Bonchev–Trinajstić information content (AvgIpc) is 2.82. The molecule has 1 fully saturated rings. The molecule has 2 heterocycles. The van der Waals surface area contributed by atoms with Crippen LogP contribution in [0, 0.1) is 6.92 Å². The van der Waals surface area contributed by atoms with Crippen molar-refractivity contribution in [1.82, 2.24) is 14.3 Å². The molecule has 8 nitrogen and oxygen atoms in total. The molecule has 1 atom stereocenters. The van der Waals surface area contributed by atoms with Crippen LogP contribution in [0.3, 0.4) is 0 Å². The van der Waals surface area contributed by atoms with Gasteiger partial charge in [0.2, 0.25) is 15.9 Å². The fraction of sp³-hybridized carbons (Fsp3) is 0.261. The van der Waals surface area contributed by atoms with E-state index in [4.69, 9.17) is 4.74 Å². The minimum absolute atomic E-state index is 0.195. The predicted molar refractivity (Wildman–Crippen MR) is 120 cm³/mol. The highest BCUT2D eigenvalue weighted by Crippen LogP contribution is 2.28. The van der Waals surface area contributed by atoms with E-state index >= 15 is 0 Å². The van der Waals surface area contributed by atoms with Gasteiger partial charge in [-0.1, -0.05) is 24.6 Å². The summed E-state index contributed by atoms with van der Waals surface area (Å²) in [6.45, 7) is 2.16. The first kappa shape index (κ1) is 21.9. The van der Waals surface area contributed by atoms with E-state index in [1.54, 1.807) is 67.0 Å². The molecule has 0 radical (unpaired) electrons. The highest BCUT2D eigenvalue weighted by molar-refractivity contribution is 7.89. The van der Waals surface area contributed by atoms with E-state index < -0.39 is 16.1 Å². The number of hydrogen-bond acceptors (Lipinski definition) is 6. The highest BCUT2D eigenvalue weighted by Gasteiger charge is 2.37. The van der Waals surface area contributed by atoms with Crippen molar-refractivity contribution < 1.29 is 17.9 Å². The van der Waals surface area contributed by atoms with E-state index in [9.17, 15) is 13.2 Å². The number of carbonyl (C=O) groups excluding carboxylic acids is 1. The SMILES string of the molecule is Cc1cc(Oc2ncccn2)ccc1NC(=O)[C@H]1CCCCN1S(=O)(=O)c1ccccc1. The molecule has 3 aromatic rings. The van der Waals surface area contributed by atoms with Crippen molar-refractivity contribution >= 4 is 21.6 Å². The minimum atomic E-state index is -3.76. The van der Waals surface area contributed by atoms with E-state index in [2.05, 4.69) is 15.3 Å². The monoisotopic (exact) mass is 452 g/mol. The van der Waals surface area contributed by atoms with Crippen molar-refractivity contribution in [3.8, 4) is 11.8 Å². The normalized spacial score (nSPS) is 17.0. The lowest BCUT2D eigenvalue weighted by molar-refractivity contribution is -0.120. The first-order valence-corrected chi connectivity index (χ1v) is 11.8. The third-order valence-corrected chi connectivity index (χ3v) is 7.24. The number of aromatic nitrogens is 2. The first-order valence-electron chi connectivity index (χ1n) is 10.4. The van der Waals surface area contributed by atoms with Crippen LogP contribution in [-0.4, -0.2) is 41.2 Å². The third-order valence-electron chi connectivity index (χ3n) is 5.31. The second kappa shape index (κ2) is 9.46. The van der Waals surface area contributed by atoms with Gasteiger partial charge in [0.1, 0.15) is 11.8 Å². The number of nitrogens with zero attached hydrogens (tertiary/aromatic N) is 3. The number of anilines is 1. The summed E-state index contributed by atoms with van der Waals surface area (Å²) in [5.41, 5.74) is 1.37. The molecule has 1 saturated heterocycles. The molecular formula is C23H24N4O4S. The zero-order valence-electron chi connectivity index (χ0n) is 17.6. The van der Waals surface area contributed by atoms with Crippen LogP contribution in [0.25, 0.3) is 0 Å². The molecule has 9 heteroatoms. The molecule has 0 unspecified atom stereocenters. The van der Waals surface area contributed by atoms with Crippen molar-refractivity contribution in [3.63, 3.8) is 0 Å². The quantitative estimate of drug-likeness (QED) is 0.611. The van der Waals surface area contributed by atoms with Gasteiger partial charge in [0, 0.05) is 24.6 Å². The van der Waals surface area contributed by atoms with Crippen molar-refractivity contribution in [1.29, 1.82) is 0 Å². The molecule has 32 heavy (non-hydrogen) atoms. The van der Waals surface area contributed by atoms with Gasteiger partial charge >= 0.3 is 6.01 Å². The number of ether oxygens (including phenoxy) is 1. The molecule has 1 amide bonds. The van der Waals surface area contributed by atoms with Crippen LogP contribution in [0.5, 0.6) is 11.8 Å². The molecular weight excluding hydrogens is 428 g/mol. The summed E-state index contributed by atoms with van der Waals surface area (Å²) in [5, 5.41) is 2.89. The Morgan fingerprint density at radius 3 is 2.53 bits per heavy atom.